The second-order valence-electron chi connectivity index (χ2n) is 4.18. The van der Waals surface area contributed by atoms with E-state index in [9.17, 15) is 0 Å². The van der Waals surface area contributed by atoms with Crippen molar-refractivity contribution in [1.29, 1.82) is 0 Å². The van der Waals surface area contributed by atoms with E-state index in [0.29, 0.717) is 0 Å². The summed E-state index contributed by atoms with van der Waals surface area (Å²) in [4.78, 5) is 0. The summed E-state index contributed by atoms with van der Waals surface area (Å²) < 4.78 is 7.07. The third-order valence-corrected chi connectivity index (χ3v) is 3.05. The molecule has 4 heteroatoms. The Balaban J connectivity index is 2.10. The number of fused-ring (bicyclic) bond motifs is 1. The van der Waals surface area contributed by atoms with E-state index in [4.69, 9.17) is 4.42 Å². The van der Waals surface area contributed by atoms with Crippen LogP contribution in [0.2, 0.25) is 0 Å². The van der Waals surface area contributed by atoms with Crippen LogP contribution < -0.4 is 5.32 Å². The van der Waals surface area contributed by atoms with E-state index in [-0.39, 0.29) is 6.04 Å². The second kappa shape index (κ2) is 4.66. The van der Waals surface area contributed by atoms with Crippen molar-refractivity contribution in [2.75, 3.05) is 6.54 Å². The first-order valence-corrected chi connectivity index (χ1v) is 6.08. The average molecular weight is 241 g/mol. The topological polar surface area (TPSA) is 42.5 Å². The first-order chi connectivity index (χ1) is 8.90. The van der Waals surface area contributed by atoms with Crippen molar-refractivity contribution in [3.63, 3.8) is 0 Å². The smallest absolute Gasteiger partial charge is 0.0953 e. The summed E-state index contributed by atoms with van der Waals surface area (Å²) in [6.07, 6.45) is 7.35. The van der Waals surface area contributed by atoms with Crippen molar-refractivity contribution in [2.24, 2.45) is 0 Å². The molecule has 3 heterocycles. The highest BCUT2D eigenvalue weighted by molar-refractivity contribution is 5.56. The minimum atomic E-state index is 0.119. The molecule has 1 N–H and O–H groups in total. The maximum atomic E-state index is 5.18. The molecule has 3 aromatic heterocycles. The van der Waals surface area contributed by atoms with Gasteiger partial charge in [-0.15, -0.1) is 0 Å². The van der Waals surface area contributed by atoms with Gasteiger partial charge in [0.1, 0.15) is 0 Å². The molecule has 0 spiro atoms. The van der Waals surface area contributed by atoms with E-state index < -0.39 is 0 Å². The number of aromatic nitrogens is 2. The predicted molar refractivity (Wildman–Crippen MR) is 69.4 cm³/mol. The van der Waals surface area contributed by atoms with E-state index in [2.05, 4.69) is 23.4 Å². The van der Waals surface area contributed by atoms with Crippen LogP contribution in [-0.2, 0) is 0 Å². The number of pyridine rings is 1. The van der Waals surface area contributed by atoms with Gasteiger partial charge < -0.3 is 9.73 Å². The summed E-state index contributed by atoms with van der Waals surface area (Å²) in [6.45, 7) is 2.98. The molecule has 0 amide bonds. The minimum Gasteiger partial charge on any atom is -0.472 e. The molecule has 0 radical (unpaired) electrons. The Bertz CT molecular complexity index is 627. The maximum absolute atomic E-state index is 5.18. The van der Waals surface area contributed by atoms with Gasteiger partial charge in [0.2, 0.25) is 0 Å². The number of hydrogen-bond donors (Lipinski definition) is 1. The Labute approximate surface area is 105 Å². The van der Waals surface area contributed by atoms with Gasteiger partial charge in [-0.1, -0.05) is 13.0 Å². The van der Waals surface area contributed by atoms with Crippen LogP contribution in [0.25, 0.3) is 5.52 Å². The summed E-state index contributed by atoms with van der Waals surface area (Å²) in [5, 5.41) is 7.84. The van der Waals surface area contributed by atoms with Crippen molar-refractivity contribution in [3.05, 3.63) is 60.3 Å². The molecule has 3 rings (SSSR count). The first kappa shape index (κ1) is 11.0. The molecule has 92 valence electrons. The standard InChI is InChI=1S/C14H15N3O/c1-2-15-14(11-6-8-18-10-11)12-9-16-17-7-4-3-5-13(12)17/h3-10,14-15H,2H2,1H3. The van der Waals surface area contributed by atoms with Crippen molar-refractivity contribution in [2.45, 2.75) is 13.0 Å². The Morgan fingerprint density at radius 1 is 1.39 bits per heavy atom. The van der Waals surface area contributed by atoms with Crippen LogP contribution in [0.15, 0.2) is 53.6 Å². The molecule has 0 bridgehead atoms. The third-order valence-electron chi connectivity index (χ3n) is 3.05. The van der Waals surface area contributed by atoms with Gasteiger partial charge in [0, 0.05) is 17.3 Å². The average Bonchev–Trinajstić information content (AvgIpc) is 3.06. The van der Waals surface area contributed by atoms with Gasteiger partial charge in [-0.25, -0.2) is 4.52 Å². The quantitative estimate of drug-likeness (QED) is 0.763. The first-order valence-electron chi connectivity index (χ1n) is 6.08. The summed E-state index contributed by atoms with van der Waals surface area (Å²) in [5.74, 6) is 0. The molecule has 0 aliphatic rings. The lowest BCUT2D eigenvalue weighted by Gasteiger charge is -2.15. The summed E-state index contributed by atoms with van der Waals surface area (Å²) in [5.41, 5.74) is 3.40. The molecule has 0 aromatic carbocycles. The Morgan fingerprint density at radius 2 is 2.33 bits per heavy atom. The summed E-state index contributed by atoms with van der Waals surface area (Å²) in [6, 6.07) is 8.18. The lowest BCUT2D eigenvalue weighted by molar-refractivity contribution is 0.553. The van der Waals surface area contributed by atoms with Gasteiger partial charge in [-0.05, 0) is 24.7 Å². The summed E-state index contributed by atoms with van der Waals surface area (Å²) in [7, 11) is 0. The lowest BCUT2D eigenvalue weighted by Crippen LogP contribution is -2.21. The van der Waals surface area contributed by atoms with Gasteiger partial charge in [-0.3, -0.25) is 0 Å². The largest absolute Gasteiger partial charge is 0.472 e. The maximum Gasteiger partial charge on any atom is 0.0953 e. The predicted octanol–water partition coefficient (Wildman–Crippen LogP) is 2.63. The zero-order valence-electron chi connectivity index (χ0n) is 10.2. The van der Waals surface area contributed by atoms with Crippen LogP contribution in [-0.4, -0.2) is 16.2 Å². The van der Waals surface area contributed by atoms with Crippen LogP contribution in [0.4, 0.5) is 0 Å². The molecule has 0 fully saturated rings. The van der Waals surface area contributed by atoms with Crippen LogP contribution in [0.1, 0.15) is 24.1 Å². The fourth-order valence-electron chi connectivity index (χ4n) is 2.23. The number of hydrogen-bond acceptors (Lipinski definition) is 3. The molecule has 0 saturated carbocycles. The van der Waals surface area contributed by atoms with Gasteiger partial charge >= 0.3 is 0 Å². The van der Waals surface area contributed by atoms with Crippen LogP contribution >= 0.6 is 0 Å². The highest BCUT2D eigenvalue weighted by atomic mass is 16.3. The van der Waals surface area contributed by atoms with E-state index in [1.54, 1.807) is 12.5 Å². The fraction of sp³-hybridized carbons (Fsp3) is 0.214. The van der Waals surface area contributed by atoms with E-state index in [1.165, 1.54) is 5.56 Å². The van der Waals surface area contributed by atoms with Crippen molar-refractivity contribution >= 4 is 5.52 Å². The molecular weight excluding hydrogens is 226 g/mol. The van der Waals surface area contributed by atoms with Crippen molar-refractivity contribution < 1.29 is 4.42 Å². The normalized spacial score (nSPS) is 12.9. The van der Waals surface area contributed by atoms with Gasteiger partial charge in [0.25, 0.3) is 0 Å². The van der Waals surface area contributed by atoms with Gasteiger partial charge in [0.15, 0.2) is 0 Å². The minimum absolute atomic E-state index is 0.119. The molecule has 0 aliphatic heterocycles. The molecule has 0 saturated heterocycles. The Morgan fingerprint density at radius 3 is 3.11 bits per heavy atom. The molecular formula is C14H15N3O. The Hall–Kier alpha value is -2.07. The number of rotatable bonds is 4. The Kier molecular flexibility index (Phi) is 2.86. The zero-order valence-corrected chi connectivity index (χ0v) is 10.2. The van der Waals surface area contributed by atoms with E-state index >= 15 is 0 Å². The van der Waals surface area contributed by atoms with Gasteiger partial charge in [0.05, 0.1) is 30.3 Å². The molecule has 1 atom stereocenters. The molecule has 0 aliphatic carbocycles. The second-order valence-corrected chi connectivity index (χ2v) is 4.18. The number of nitrogens with one attached hydrogen (secondary N) is 1. The number of furan rings is 1. The molecule has 18 heavy (non-hydrogen) atoms. The van der Waals surface area contributed by atoms with Crippen LogP contribution in [0.5, 0.6) is 0 Å². The SMILES string of the molecule is CCNC(c1ccoc1)c1cnn2ccccc12. The summed E-state index contributed by atoms with van der Waals surface area (Å²) >= 11 is 0. The van der Waals surface area contributed by atoms with Crippen LogP contribution in [0, 0.1) is 0 Å². The highest BCUT2D eigenvalue weighted by Gasteiger charge is 2.18. The molecule has 1 unspecified atom stereocenters. The zero-order chi connectivity index (χ0) is 12.4. The lowest BCUT2D eigenvalue weighted by atomic mass is 10.0. The van der Waals surface area contributed by atoms with Crippen molar-refractivity contribution in [3.8, 4) is 0 Å². The van der Waals surface area contributed by atoms with E-state index in [0.717, 1.165) is 17.6 Å². The fourth-order valence-corrected chi connectivity index (χ4v) is 2.23. The highest BCUT2D eigenvalue weighted by Crippen LogP contribution is 2.25. The molecule has 3 aromatic rings. The number of nitrogens with zero attached hydrogens (tertiary/aromatic N) is 2. The van der Waals surface area contributed by atoms with Gasteiger partial charge in [-0.2, -0.15) is 5.10 Å². The van der Waals surface area contributed by atoms with E-state index in [1.807, 2.05) is 35.1 Å². The third kappa shape index (κ3) is 1.80. The van der Waals surface area contributed by atoms with Crippen molar-refractivity contribution in [1.82, 2.24) is 14.9 Å². The monoisotopic (exact) mass is 241 g/mol. The molecule has 4 nitrogen and oxygen atoms in total. The van der Waals surface area contributed by atoms with Crippen LogP contribution in [0.3, 0.4) is 0 Å².